The summed E-state index contributed by atoms with van der Waals surface area (Å²) in [4.78, 5) is 26.5. The zero-order chi connectivity index (χ0) is 19.2. The first-order valence-electron chi connectivity index (χ1n) is 10.1. The van der Waals surface area contributed by atoms with Crippen LogP contribution < -0.4 is 15.6 Å². The van der Waals surface area contributed by atoms with Crippen molar-refractivity contribution < 1.29 is 14.3 Å². The highest BCUT2D eigenvalue weighted by Gasteiger charge is 2.58. The lowest BCUT2D eigenvalue weighted by atomic mass is 9.49. The van der Waals surface area contributed by atoms with Gasteiger partial charge in [0.1, 0.15) is 11.4 Å². The van der Waals surface area contributed by atoms with Crippen molar-refractivity contribution in [2.24, 2.45) is 5.92 Å². The average Bonchev–Trinajstić information content (AvgIpc) is 2.61. The number of halogens is 1. The van der Waals surface area contributed by atoms with E-state index in [9.17, 15) is 14.7 Å². The van der Waals surface area contributed by atoms with Gasteiger partial charge in [-0.3, -0.25) is 4.79 Å². The van der Waals surface area contributed by atoms with Gasteiger partial charge in [0, 0.05) is 42.3 Å². The molecule has 28 heavy (non-hydrogen) atoms. The van der Waals surface area contributed by atoms with Gasteiger partial charge in [0.05, 0.1) is 11.2 Å². The van der Waals surface area contributed by atoms with E-state index in [0.717, 1.165) is 45.2 Å². The molecule has 8 rings (SSSR count). The lowest BCUT2D eigenvalue weighted by molar-refractivity contribution is -0.0860. The lowest BCUT2D eigenvalue weighted by Gasteiger charge is -2.63. The Hall–Kier alpha value is -2.41. The Bertz CT molecular complexity index is 1070. The number of hydrogen-bond acceptors (Lipinski definition) is 4. The van der Waals surface area contributed by atoms with Crippen molar-refractivity contribution in [3.8, 4) is 0 Å². The Kier molecular flexibility index (Phi) is 3.16. The molecule has 3 aliphatic heterocycles. The molecule has 3 aliphatic carbocycles. The van der Waals surface area contributed by atoms with Crippen molar-refractivity contribution in [3.05, 3.63) is 39.9 Å². The molecule has 3 saturated heterocycles. The molecule has 0 amide bonds. The number of aromatic nitrogens is 1. The van der Waals surface area contributed by atoms with Gasteiger partial charge in [-0.25, -0.2) is 9.18 Å². The molecule has 0 spiro atoms. The minimum atomic E-state index is -1.25. The van der Waals surface area contributed by atoms with Crippen molar-refractivity contribution in [1.82, 2.24) is 9.88 Å². The van der Waals surface area contributed by atoms with Crippen LogP contribution in [0.3, 0.4) is 0 Å². The number of aromatic carboxylic acids is 1. The third-order valence-electron chi connectivity index (χ3n) is 7.48. The van der Waals surface area contributed by atoms with Crippen LogP contribution in [0.2, 0.25) is 0 Å². The minimum absolute atomic E-state index is 0.0988. The third kappa shape index (κ3) is 2.05. The molecule has 2 unspecified atom stereocenters. The van der Waals surface area contributed by atoms with Gasteiger partial charge in [-0.05, 0) is 50.2 Å². The zero-order valence-corrected chi connectivity index (χ0v) is 15.4. The van der Waals surface area contributed by atoms with Crippen LogP contribution in [0.15, 0.2) is 23.1 Å². The molecule has 2 N–H and O–H groups in total. The number of carboxylic acids is 1. The molecule has 7 heteroatoms. The van der Waals surface area contributed by atoms with E-state index in [2.05, 4.69) is 10.2 Å². The first-order valence-corrected chi connectivity index (χ1v) is 10.1. The molecule has 1 aromatic carbocycles. The van der Waals surface area contributed by atoms with Gasteiger partial charge in [0.2, 0.25) is 5.43 Å². The number of benzene rings is 1. The summed E-state index contributed by atoms with van der Waals surface area (Å²) < 4.78 is 17.1. The summed E-state index contributed by atoms with van der Waals surface area (Å²) >= 11 is 0. The van der Waals surface area contributed by atoms with E-state index in [-0.39, 0.29) is 22.5 Å². The minimum Gasteiger partial charge on any atom is -0.477 e. The summed E-state index contributed by atoms with van der Waals surface area (Å²) in [5, 5.41) is 13.1. The molecule has 6 nitrogen and oxygen atoms in total. The first-order chi connectivity index (χ1) is 13.4. The quantitative estimate of drug-likeness (QED) is 0.851. The summed E-state index contributed by atoms with van der Waals surface area (Å²) in [5.41, 5.74) is 0.229. The van der Waals surface area contributed by atoms with Crippen molar-refractivity contribution in [3.63, 3.8) is 0 Å². The average molecular weight is 383 g/mol. The van der Waals surface area contributed by atoms with Crippen molar-refractivity contribution >= 4 is 22.6 Å². The van der Waals surface area contributed by atoms with E-state index in [0.29, 0.717) is 23.2 Å². The van der Waals surface area contributed by atoms with Crippen LogP contribution in [-0.2, 0) is 5.54 Å². The fourth-order valence-corrected chi connectivity index (χ4v) is 5.83. The van der Waals surface area contributed by atoms with E-state index in [4.69, 9.17) is 0 Å². The fraction of sp³-hybridized carbons (Fsp3) is 0.524. The van der Waals surface area contributed by atoms with E-state index in [1.54, 1.807) is 6.07 Å². The highest BCUT2D eigenvalue weighted by molar-refractivity contribution is 5.93. The monoisotopic (exact) mass is 383 g/mol. The molecule has 4 heterocycles. The molecule has 2 atom stereocenters. The van der Waals surface area contributed by atoms with Gasteiger partial charge in [-0.1, -0.05) is 0 Å². The number of nitrogens with zero attached hydrogens (tertiary/aromatic N) is 2. The predicted molar refractivity (Wildman–Crippen MR) is 103 cm³/mol. The maximum atomic E-state index is 15.1. The number of carboxylic acid groups (broad SMARTS) is 1. The van der Waals surface area contributed by atoms with Crippen LogP contribution in [0.5, 0.6) is 0 Å². The number of pyridine rings is 1. The van der Waals surface area contributed by atoms with E-state index in [1.807, 2.05) is 4.57 Å². The summed E-state index contributed by atoms with van der Waals surface area (Å²) in [6.45, 7) is 1.61. The van der Waals surface area contributed by atoms with E-state index < -0.39 is 17.2 Å². The molecule has 3 saturated carbocycles. The Morgan fingerprint density at radius 2 is 2.04 bits per heavy atom. The Morgan fingerprint density at radius 1 is 1.25 bits per heavy atom. The van der Waals surface area contributed by atoms with Crippen molar-refractivity contribution in [1.29, 1.82) is 0 Å². The standard InChI is InChI=1S/C21H22FN3O3/c22-16-3-14-17(4-18(16)24-9-12-1-2-13(24)8-23-12)25(21-5-11(6-21)7-21)10-15(19(14)26)20(27)28/h3-4,10-13,23H,1-2,5-9H2,(H,27,28). The van der Waals surface area contributed by atoms with E-state index >= 15 is 4.39 Å². The van der Waals surface area contributed by atoms with E-state index in [1.165, 1.54) is 12.3 Å². The third-order valence-corrected chi connectivity index (χ3v) is 7.48. The van der Waals surface area contributed by atoms with Gasteiger partial charge in [-0.2, -0.15) is 0 Å². The summed E-state index contributed by atoms with van der Waals surface area (Å²) in [7, 11) is 0. The molecule has 6 aliphatic rings. The smallest absolute Gasteiger partial charge is 0.341 e. The summed E-state index contributed by atoms with van der Waals surface area (Å²) in [6, 6.07) is 3.68. The van der Waals surface area contributed by atoms with Crippen LogP contribution in [0.4, 0.5) is 10.1 Å². The number of carbonyl (C=O) groups is 1. The highest BCUT2D eigenvalue weighted by atomic mass is 19.1. The topological polar surface area (TPSA) is 74.6 Å². The molecule has 2 aromatic rings. The second kappa shape index (κ2) is 5.35. The highest BCUT2D eigenvalue weighted by Crippen LogP contribution is 2.62. The molecule has 146 valence electrons. The number of rotatable bonds is 3. The summed E-state index contributed by atoms with van der Waals surface area (Å²) in [6.07, 6.45) is 6.66. The SMILES string of the molecule is O=C(O)c1cn(C23CC(C2)C3)c2cc(N3CC4CCC3CN4)c(F)cc2c1=O. The van der Waals surface area contributed by atoms with Crippen LogP contribution in [0.1, 0.15) is 42.5 Å². The maximum Gasteiger partial charge on any atom is 0.341 e. The number of nitrogens with one attached hydrogen (secondary N) is 1. The predicted octanol–water partition coefficient (Wildman–Crippen LogP) is 2.29. The van der Waals surface area contributed by atoms with Crippen LogP contribution >= 0.6 is 0 Å². The molecular formula is C21H22FN3O3. The zero-order valence-electron chi connectivity index (χ0n) is 15.4. The van der Waals surface area contributed by atoms with Crippen LogP contribution in [-0.4, -0.2) is 40.8 Å². The van der Waals surface area contributed by atoms with Crippen LogP contribution in [0.25, 0.3) is 10.9 Å². The normalized spacial score (nSPS) is 32.9. The Balaban J connectivity index is 1.58. The van der Waals surface area contributed by atoms with Gasteiger partial charge >= 0.3 is 5.97 Å². The Morgan fingerprint density at radius 3 is 2.57 bits per heavy atom. The molecular weight excluding hydrogens is 361 g/mol. The van der Waals surface area contributed by atoms with Gasteiger partial charge in [0.15, 0.2) is 0 Å². The summed E-state index contributed by atoms with van der Waals surface area (Å²) in [5.74, 6) is -0.994. The maximum absolute atomic E-state index is 15.1. The number of hydrogen-bond donors (Lipinski definition) is 2. The lowest BCUT2D eigenvalue weighted by Crippen LogP contribution is -2.61. The van der Waals surface area contributed by atoms with Gasteiger partial charge < -0.3 is 19.9 Å². The number of piperazine rings is 1. The second-order valence-electron chi connectivity index (χ2n) is 9.06. The number of anilines is 1. The van der Waals surface area contributed by atoms with Gasteiger partial charge in [-0.15, -0.1) is 0 Å². The van der Waals surface area contributed by atoms with Gasteiger partial charge in [0.25, 0.3) is 0 Å². The molecule has 1 aromatic heterocycles. The molecule has 4 bridgehead atoms. The van der Waals surface area contributed by atoms with Crippen LogP contribution in [0, 0.1) is 11.7 Å². The largest absolute Gasteiger partial charge is 0.477 e. The Labute approximate surface area is 160 Å². The first kappa shape index (κ1) is 16.5. The number of piperidine rings is 2. The fourth-order valence-electron chi connectivity index (χ4n) is 5.83. The number of fused-ring (bicyclic) bond motifs is 4. The second-order valence-corrected chi connectivity index (χ2v) is 9.06. The molecule has 0 radical (unpaired) electrons. The van der Waals surface area contributed by atoms with Crippen molar-refractivity contribution in [2.75, 3.05) is 18.0 Å². The van der Waals surface area contributed by atoms with Crippen molar-refractivity contribution in [2.45, 2.75) is 49.7 Å². The molecule has 6 fully saturated rings.